The molecule has 0 bridgehead atoms. The predicted molar refractivity (Wildman–Crippen MR) is 104 cm³/mol. The second kappa shape index (κ2) is 7.38. The van der Waals surface area contributed by atoms with Gasteiger partial charge in [0, 0.05) is 18.7 Å². The Bertz CT molecular complexity index is 878. The minimum atomic E-state index is -0.716. The summed E-state index contributed by atoms with van der Waals surface area (Å²) in [5, 5.41) is 8.33. The maximum atomic E-state index is 12.6. The van der Waals surface area contributed by atoms with E-state index in [0.29, 0.717) is 36.4 Å². The van der Waals surface area contributed by atoms with Crippen molar-refractivity contribution in [2.24, 2.45) is 0 Å². The normalized spacial score (nSPS) is 22.2. The third-order valence-corrected chi connectivity index (χ3v) is 5.68. The molecule has 2 aliphatic heterocycles. The quantitative estimate of drug-likeness (QED) is 0.654. The van der Waals surface area contributed by atoms with Crippen molar-refractivity contribution in [2.75, 3.05) is 17.2 Å². The molecule has 0 unspecified atom stereocenters. The summed E-state index contributed by atoms with van der Waals surface area (Å²) in [6.45, 7) is 1.87. The fourth-order valence-electron chi connectivity index (χ4n) is 4.10. The number of anilines is 2. The largest absolute Gasteiger partial charge is 0.479 e. The van der Waals surface area contributed by atoms with E-state index in [1.807, 2.05) is 0 Å². The summed E-state index contributed by atoms with van der Waals surface area (Å²) in [7, 11) is 0. The molecule has 9 nitrogen and oxygen atoms in total. The highest BCUT2D eigenvalue weighted by atomic mass is 16.5. The van der Waals surface area contributed by atoms with Crippen LogP contribution in [0.4, 0.5) is 16.2 Å². The van der Waals surface area contributed by atoms with Gasteiger partial charge in [-0.15, -0.1) is 0 Å². The standard InChI is InChI=1S/C20H24N4O5/c1-12-17(26)22-14-11-13(6-7-15(14)29-12)21-16(25)5-4-10-24-18(27)20(23-19(24)28)8-2-3-9-20/h6-7,11-12H,2-5,8-10H2,1H3,(H,21,25)(H,22,26)(H,23,28)/t12-/m1/s1. The number of rotatable bonds is 5. The summed E-state index contributed by atoms with van der Waals surface area (Å²) in [6.07, 6.45) is 3.24. The van der Waals surface area contributed by atoms with Crippen LogP contribution in [0.5, 0.6) is 5.75 Å². The fraction of sp³-hybridized carbons (Fsp3) is 0.500. The van der Waals surface area contributed by atoms with Crippen LogP contribution in [0.1, 0.15) is 45.4 Å². The summed E-state index contributed by atoms with van der Waals surface area (Å²) < 4.78 is 5.49. The molecule has 3 aliphatic rings. The number of carbonyl (C=O) groups excluding carboxylic acids is 4. The zero-order chi connectivity index (χ0) is 20.6. The van der Waals surface area contributed by atoms with Gasteiger partial charge in [0.2, 0.25) is 5.91 Å². The third kappa shape index (κ3) is 3.64. The number of ether oxygens (including phenoxy) is 1. The van der Waals surface area contributed by atoms with Gasteiger partial charge in [-0.1, -0.05) is 12.8 Å². The average molecular weight is 400 g/mol. The average Bonchev–Trinajstić information content (AvgIpc) is 3.23. The van der Waals surface area contributed by atoms with E-state index in [2.05, 4.69) is 16.0 Å². The molecule has 1 saturated heterocycles. The second-order valence-corrected chi connectivity index (χ2v) is 7.79. The molecule has 1 aromatic rings. The Hall–Kier alpha value is -3.10. The lowest BCUT2D eigenvalue weighted by Gasteiger charge is -2.23. The van der Waals surface area contributed by atoms with E-state index in [0.717, 1.165) is 12.8 Å². The summed E-state index contributed by atoms with van der Waals surface area (Å²) in [4.78, 5) is 49.9. The molecule has 154 valence electrons. The maximum Gasteiger partial charge on any atom is 0.325 e. The topological polar surface area (TPSA) is 117 Å². The Morgan fingerprint density at radius 3 is 2.79 bits per heavy atom. The molecule has 9 heteroatoms. The van der Waals surface area contributed by atoms with E-state index in [-0.39, 0.29) is 36.7 Å². The van der Waals surface area contributed by atoms with Crippen LogP contribution in [0.2, 0.25) is 0 Å². The van der Waals surface area contributed by atoms with Crippen molar-refractivity contribution in [3.8, 4) is 5.75 Å². The summed E-state index contributed by atoms with van der Waals surface area (Å²) in [5.41, 5.74) is 0.325. The molecule has 1 saturated carbocycles. The Labute approximate surface area is 168 Å². The first-order valence-electron chi connectivity index (χ1n) is 9.93. The van der Waals surface area contributed by atoms with Crippen molar-refractivity contribution in [3.63, 3.8) is 0 Å². The summed E-state index contributed by atoms with van der Waals surface area (Å²) in [6, 6.07) is 4.66. The van der Waals surface area contributed by atoms with Crippen LogP contribution < -0.4 is 20.7 Å². The lowest BCUT2D eigenvalue weighted by Crippen LogP contribution is -2.44. The van der Waals surface area contributed by atoms with Crippen LogP contribution >= 0.6 is 0 Å². The number of benzene rings is 1. The first-order chi connectivity index (χ1) is 13.9. The second-order valence-electron chi connectivity index (χ2n) is 7.79. The van der Waals surface area contributed by atoms with Gasteiger partial charge >= 0.3 is 6.03 Å². The lowest BCUT2D eigenvalue weighted by atomic mass is 9.98. The van der Waals surface area contributed by atoms with E-state index in [9.17, 15) is 19.2 Å². The molecule has 3 N–H and O–H groups in total. The van der Waals surface area contributed by atoms with E-state index in [4.69, 9.17) is 4.74 Å². The van der Waals surface area contributed by atoms with E-state index >= 15 is 0 Å². The SMILES string of the molecule is C[C@H]1Oc2ccc(NC(=O)CCCN3C(=O)NC4(CCCC4)C3=O)cc2NC1=O. The van der Waals surface area contributed by atoms with Gasteiger partial charge in [-0.3, -0.25) is 19.3 Å². The zero-order valence-electron chi connectivity index (χ0n) is 16.2. The molecule has 5 amide bonds. The third-order valence-electron chi connectivity index (χ3n) is 5.68. The van der Waals surface area contributed by atoms with Gasteiger partial charge in [0.15, 0.2) is 6.10 Å². The van der Waals surface area contributed by atoms with Crippen LogP contribution in [0.15, 0.2) is 18.2 Å². The molecule has 1 spiro atoms. The zero-order valence-corrected chi connectivity index (χ0v) is 16.2. The first kappa shape index (κ1) is 19.2. The van der Waals surface area contributed by atoms with Crippen molar-refractivity contribution in [1.29, 1.82) is 0 Å². The van der Waals surface area contributed by atoms with Gasteiger partial charge in [-0.2, -0.15) is 0 Å². The van der Waals surface area contributed by atoms with Crippen molar-refractivity contribution >= 4 is 35.1 Å². The van der Waals surface area contributed by atoms with Crippen LogP contribution in [0.25, 0.3) is 0 Å². The van der Waals surface area contributed by atoms with E-state index in [1.54, 1.807) is 25.1 Å². The molecule has 29 heavy (non-hydrogen) atoms. The van der Waals surface area contributed by atoms with Gasteiger partial charge in [-0.25, -0.2) is 4.79 Å². The number of hydrogen-bond donors (Lipinski definition) is 3. The molecule has 4 rings (SSSR count). The molecular weight excluding hydrogens is 376 g/mol. The number of nitrogens with one attached hydrogen (secondary N) is 3. The molecule has 1 atom stereocenters. The Balaban J connectivity index is 1.29. The first-order valence-corrected chi connectivity index (χ1v) is 9.93. The molecule has 1 aliphatic carbocycles. The summed E-state index contributed by atoms with van der Waals surface area (Å²) in [5.74, 6) is -0.0897. The fourth-order valence-corrected chi connectivity index (χ4v) is 4.10. The van der Waals surface area contributed by atoms with Crippen LogP contribution in [-0.2, 0) is 14.4 Å². The van der Waals surface area contributed by atoms with Crippen molar-refractivity contribution in [1.82, 2.24) is 10.2 Å². The highest BCUT2D eigenvalue weighted by molar-refractivity contribution is 6.07. The Kier molecular flexibility index (Phi) is 4.89. The number of amides is 5. The molecule has 1 aromatic carbocycles. The highest BCUT2D eigenvalue weighted by Gasteiger charge is 2.52. The lowest BCUT2D eigenvalue weighted by molar-refractivity contribution is -0.131. The van der Waals surface area contributed by atoms with Gasteiger partial charge in [0.1, 0.15) is 11.3 Å². The molecule has 0 aromatic heterocycles. The van der Waals surface area contributed by atoms with E-state index in [1.165, 1.54) is 4.90 Å². The Morgan fingerprint density at radius 2 is 2.03 bits per heavy atom. The number of hydrogen-bond acceptors (Lipinski definition) is 5. The smallest absolute Gasteiger partial charge is 0.325 e. The van der Waals surface area contributed by atoms with Gasteiger partial charge < -0.3 is 20.7 Å². The number of urea groups is 1. The van der Waals surface area contributed by atoms with Crippen LogP contribution in [-0.4, -0.2) is 46.8 Å². The minimum Gasteiger partial charge on any atom is -0.479 e. The number of nitrogens with zero attached hydrogens (tertiary/aromatic N) is 1. The number of fused-ring (bicyclic) bond motifs is 1. The van der Waals surface area contributed by atoms with Gasteiger partial charge in [0.05, 0.1) is 5.69 Å². The van der Waals surface area contributed by atoms with E-state index < -0.39 is 11.6 Å². The molecule has 2 fully saturated rings. The number of imide groups is 1. The monoisotopic (exact) mass is 400 g/mol. The minimum absolute atomic E-state index is 0.167. The Morgan fingerprint density at radius 1 is 1.28 bits per heavy atom. The predicted octanol–water partition coefficient (Wildman–Crippen LogP) is 1.99. The number of carbonyl (C=O) groups is 4. The van der Waals surface area contributed by atoms with Crippen molar-refractivity contribution in [3.05, 3.63) is 18.2 Å². The van der Waals surface area contributed by atoms with Crippen LogP contribution in [0, 0.1) is 0 Å². The van der Waals surface area contributed by atoms with Crippen molar-refractivity contribution in [2.45, 2.75) is 57.1 Å². The molecule has 2 heterocycles. The highest BCUT2D eigenvalue weighted by Crippen LogP contribution is 2.35. The molecule has 0 radical (unpaired) electrons. The van der Waals surface area contributed by atoms with Gasteiger partial charge in [-0.05, 0) is 44.4 Å². The summed E-state index contributed by atoms with van der Waals surface area (Å²) >= 11 is 0. The van der Waals surface area contributed by atoms with Gasteiger partial charge in [0.25, 0.3) is 11.8 Å². The van der Waals surface area contributed by atoms with Crippen molar-refractivity contribution < 1.29 is 23.9 Å². The molecular formula is C20H24N4O5. The maximum absolute atomic E-state index is 12.6. The van der Waals surface area contributed by atoms with Crippen LogP contribution in [0.3, 0.4) is 0 Å².